The molecule has 0 heterocycles. The second-order valence-corrected chi connectivity index (χ2v) is 6.28. The molecule has 1 N–H and O–H groups in total. The van der Waals surface area contributed by atoms with Crippen LogP contribution in [-0.2, 0) is 6.54 Å². The number of rotatable bonds is 4. The Kier molecular flexibility index (Phi) is 4.02. The third-order valence-corrected chi connectivity index (χ3v) is 4.21. The van der Waals surface area contributed by atoms with E-state index >= 15 is 0 Å². The first kappa shape index (κ1) is 13.9. The van der Waals surface area contributed by atoms with Gasteiger partial charge in [0.2, 0.25) is 0 Å². The zero-order valence-corrected chi connectivity index (χ0v) is 12.9. The third-order valence-electron chi connectivity index (χ3n) is 3.64. The molecule has 1 fully saturated rings. The second kappa shape index (κ2) is 5.77. The minimum Gasteiger partial charge on any atom is -0.310 e. The summed E-state index contributed by atoms with van der Waals surface area (Å²) < 4.78 is 0. The number of aryl methyl sites for hydroxylation is 1. The fraction of sp³-hybridized carbons (Fsp3) is 0.294. The van der Waals surface area contributed by atoms with Crippen LogP contribution in [0.2, 0.25) is 10.0 Å². The summed E-state index contributed by atoms with van der Waals surface area (Å²) in [5.74, 6) is 0. The second-order valence-electron chi connectivity index (χ2n) is 5.44. The average molecular weight is 306 g/mol. The van der Waals surface area contributed by atoms with Gasteiger partial charge in [-0.1, -0.05) is 47.0 Å². The minimum absolute atomic E-state index is 0.694. The number of halogens is 2. The molecule has 0 saturated heterocycles. The molecule has 1 aliphatic rings. The van der Waals surface area contributed by atoms with E-state index in [4.69, 9.17) is 23.2 Å². The summed E-state index contributed by atoms with van der Waals surface area (Å²) in [5.41, 5.74) is 4.68. The lowest BCUT2D eigenvalue weighted by Gasteiger charge is -2.13. The van der Waals surface area contributed by atoms with Gasteiger partial charge in [-0.2, -0.15) is 0 Å². The van der Waals surface area contributed by atoms with Crippen molar-refractivity contribution in [3.8, 4) is 11.1 Å². The van der Waals surface area contributed by atoms with Crippen LogP contribution in [0.4, 0.5) is 0 Å². The van der Waals surface area contributed by atoms with Crippen LogP contribution in [0, 0.1) is 6.92 Å². The van der Waals surface area contributed by atoms with Gasteiger partial charge in [0, 0.05) is 28.2 Å². The van der Waals surface area contributed by atoms with Gasteiger partial charge >= 0.3 is 0 Å². The number of hydrogen-bond donors (Lipinski definition) is 1. The van der Waals surface area contributed by atoms with Crippen molar-refractivity contribution in [1.82, 2.24) is 5.32 Å². The molecule has 20 heavy (non-hydrogen) atoms. The van der Waals surface area contributed by atoms with E-state index in [0.717, 1.165) is 17.1 Å². The first-order valence-corrected chi connectivity index (χ1v) is 7.67. The van der Waals surface area contributed by atoms with Gasteiger partial charge in [0.15, 0.2) is 0 Å². The molecule has 0 spiro atoms. The molecule has 1 aliphatic carbocycles. The molecular weight excluding hydrogens is 289 g/mol. The highest BCUT2D eigenvalue weighted by atomic mass is 35.5. The minimum atomic E-state index is 0.694. The molecule has 1 saturated carbocycles. The van der Waals surface area contributed by atoms with Gasteiger partial charge in [-0.3, -0.25) is 0 Å². The van der Waals surface area contributed by atoms with E-state index in [2.05, 4.69) is 30.4 Å². The van der Waals surface area contributed by atoms with Crippen LogP contribution in [0.1, 0.15) is 24.0 Å². The van der Waals surface area contributed by atoms with E-state index < -0.39 is 0 Å². The maximum atomic E-state index is 6.35. The predicted molar refractivity (Wildman–Crippen MR) is 86.5 cm³/mol. The standard InChI is InChI=1S/C17H17Cl2N/c1-11-2-3-12(10-20-14-5-6-14)15(8-11)16-9-13(18)4-7-17(16)19/h2-4,7-9,14,20H,5-6,10H2,1H3. The monoisotopic (exact) mass is 305 g/mol. The quantitative estimate of drug-likeness (QED) is 0.816. The van der Waals surface area contributed by atoms with Gasteiger partial charge in [-0.15, -0.1) is 0 Å². The maximum absolute atomic E-state index is 6.35. The highest BCUT2D eigenvalue weighted by molar-refractivity contribution is 6.35. The molecule has 2 aromatic carbocycles. The Morgan fingerprint density at radius 3 is 2.60 bits per heavy atom. The van der Waals surface area contributed by atoms with Gasteiger partial charge in [0.1, 0.15) is 0 Å². The lowest BCUT2D eigenvalue weighted by molar-refractivity contribution is 0.688. The average Bonchev–Trinajstić information content (AvgIpc) is 3.24. The molecule has 1 nitrogen and oxygen atoms in total. The van der Waals surface area contributed by atoms with Crippen LogP contribution < -0.4 is 5.32 Å². The van der Waals surface area contributed by atoms with Crippen molar-refractivity contribution >= 4 is 23.2 Å². The highest BCUT2D eigenvalue weighted by Gasteiger charge is 2.20. The predicted octanol–water partition coefficient (Wildman–Crippen LogP) is 5.22. The molecule has 0 aromatic heterocycles. The Morgan fingerprint density at radius 2 is 1.85 bits per heavy atom. The largest absolute Gasteiger partial charge is 0.310 e. The molecule has 0 bridgehead atoms. The summed E-state index contributed by atoms with van der Waals surface area (Å²) in [6.07, 6.45) is 2.58. The Balaban J connectivity index is 2.00. The zero-order chi connectivity index (χ0) is 14.1. The van der Waals surface area contributed by atoms with Gasteiger partial charge in [-0.05, 0) is 49.1 Å². The fourth-order valence-corrected chi connectivity index (χ4v) is 2.73. The van der Waals surface area contributed by atoms with Crippen molar-refractivity contribution in [2.75, 3.05) is 0 Å². The van der Waals surface area contributed by atoms with Crippen molar-refractivity contribution < 1.29 is 0 Å². The van der Waals surface area contributed by atoms with Crippen LogP contribution >= 0.6 is 23.2 Å². The lowest BCUT2D eigenvalue weighted by Crippen LogP contribution is -2.15. The molecule has 0 atom stereocenters. The Hall–Kier alpha value is -1.02. The summed E-state index contributed by atoms with van der Waals surface area (Å²) in [6.45, 7) is 2.98. The third kappa shape index (κ3) is 3.17. The molecule has 2 aromatic rings. The van der Waals surface area contributed by atoms with E-state index in [1.54, 1.807) is 0 Å². The van der Waals surface area contributed by atoms with Crippen LogP contribution in [0.25, 0.3) is 11.1 Å². The van der Waals surface area contributed by atoms with Crippen molar-refractivity contribution in [2.24, 2.45) is 0 Å². The molecule has 104 valence electrons. The van der Waals surface area contributed by atoms with E-state index in [0.29, 0.717) is 11.1 Å². The van der Waals surface area contributed by atoms with Crippen LogP contribution in [0.15, 0.2) is 36.4 Å². The maximum Gasteiger partial charge on any atom is 0.0485 e. The van der Waals surface area contributed by atoms with Crippen molar-refractivity contribution in [2.45, 2.75) is 32.4 Å². The van der Waals surface area contributed by atoms with Crippen molar-refractivity contribution in [3.63, 3.8) is 0 Å². The molecule has 0 aliphatic heterocycles. The Bertz CT molecular complexity index is 633. The van der Waals surface area contributed by atoms with Crippen LogP contribution in [0.3, 0.4) is 0 Å². The molecule has 0 unspecified atom stereocenters. The smallest absolute Gasteiger partial charge is 0.0485 e. The summed E-state index contributed by atoms with van der Waals surface area (Å²) in [5, 5.41) is 5.02. The normalized spacial score (nSPS) is 14.6. The molecular formula is C17H17Cl2N. The number of benzene rings is 2. The van der Waals surface area contributed by atoms with Gasteiger partial charge in [0.05, 0.1) is 0 Å². The molecule has 3 heteroatoms. The lowest BCUT2D eigenvalue weighted by atomic mass is 9.97. The summed E-state index contributed by atoms with van der Waals surface area (Å²) in [4.78, 5) is 0. The summed E-state index contributed by atoms with van der Waals surface area (Å²) in [7, 11) is 0. The van der Waals surface area contributed by atoms with Crippen LogP contribution in [-0.4, -0.2) is 6.04 Å². The molecule has 0 radical (unpaired) electrons. The molecule has 3 rings (SSSR count). The van der Waals surface area contributed by atoms with E-state index in [-0.39, 0.29) is 0 Å². The first-order chi connectivity index (χ1) is 9.63. The van der Waals surface area contributed by atoms with Crippen molar-refractivity contribution in [1.29, 1.82) is 0 Å². The first-order valence-electron chi connectivity index (χ1n) is 6.92. The SMILES string of the molecule is Cc1ccc(CNC2CC2)c(-c2cc(Cl)ccc2Cl)c1. The van der Waals surface area contributed by atoms with Crippen molar-refractivity contribution in [3.05, 3.63) is 57.6 Å². The van der Waals surface area contributed by atoms with Gasteiger partial charge in [-0.25, -0.2) is 0 Å². The van der Waals surface area contributed by atoms with E-state index in [9.17, 15) is 0 Å². The van der Waals surface area contributed by atoms with Gasteiger partial charge < -0.3 is 5.32 Å². The highest BCUT2D eigenvalue weighted by Crippen LogP contribution is 2.34. The van der Waals surface area contributed by atoms with Crippen LogP contribution in [0.5, 0.6) is 0 Å². The van der Waals surface area contributed by atoms with Gasteiger partial charge in [0.25, 0.3) is 0 Å². The van der Waals surface area contributed by atoms with E-state index in [1.807, 2.05) is 18.2 Å². The van der Waals surface area contributed by atoms with E-state index in [1.165, 1.54) is 29.5 Å². The number of nitrogens with one attached hydrogen (secondary N) is 1. The summed E-state index contributed by atoms with van der Waals surface area (Å²) >= 11 is 12.5. The fourth-order valence-electron chi connectivity index (χ4n) is 2.34. The Morgan fingerprint density at radius 1 is 1.05 bits per heavy atom. The molecule has 0 amide bonds. The Labute approximate surface area is 129 Å². The topological polar surface area (TPSA) is 12.0 Å². The zero-order valence-electron chi connectivity index (χ0n) is 11.4. The number of hydrogen-bond acceptors (Lipinski definition) is 1. The summed E-state index contributed by atoms with van der Waals surface area (Å²) in [6, 6.07) is 12.8.